The predicted molar refractivity (Wildman–Crippen MR) is 136 cm³/mol. The van der Waals surface area contributed by atoms with Crippen LogP contribution in [0.3, 0.4) is 0 Å². The maximum atomic E-state index is 12.7. The Morgan fingerprint density at radius 2 is 1.60 bits per heavy atom. The zero-order valence-electron chi connectivity index (χ0n) is 20.0. The highest BCUT2D eigenvalue weighted by Gasteiger charge is 2.23. The van der Waals surface area contributed by atoms with Crippen LogP contribution >= 0.6 is 0 Å². The largest absolute Gasteiger partial charge is 0.497 e. The van der Waals surface area contributed by atoms with Gasteiger partial charge in [0.15, 0.2) is 6.61 Å². The number of hydrogen-bond acceptors (Lipinski definition) is 5. The molecule has 1 fully saturated rings. The van der Waals surface area contributed by atoms with E-state index in [4.69, 9.17) is 14.5 Å². The van der Waals surface area contributed by atoms with Gasteiger partial charge in [-0.25, -0.2) is 4.98 Å². The topological polar surface area (TPSA) is 59.8 Å². The van der Waals surface area contributed by atoms with Crippen LogP contribution in [-0.2, 0) is 17.9 Å². The lowest BCUT2D eigenvalue weighted by Gasteiger charge is -2.34. The number of hydrogen-bond donors (Lipinski definition) is 0. The third kappa shape index (κ3) is 5.46. The van der Waals surface area contributed by atoms with Crippen LogP contribution < -0.4 is 9.47 Å². The lowest BCUT2D eigenvalue weighted by molar-refractivity contribution is -0.135. The number of carbonyl (C=O) groups excluding carboxylic acids is 1. The van der Waals surface area contributed by atoms with E-state index >= 15 is 0 Å². The van der Waals surface area contributed by atoms with Crippen molar-refractivity contribution in [3.05, 3.63) is 90.3 Å². The summed E-state index contributed by atoms with van der Waals surface area (Å²) in [5, 5.41) is 0. The lowest BCUT2D eigenvalue weighted by Crippen LogP contribution is -2.49. The minimum atomic E-state index is 0.00351. The first kappa shape index (κ1) is 22.9. The van der Waals surface area contributed by atoms with E-state index in [1.165, 1.54) is 5.56 Å². The van der Waals surface area contributed by atoms with E-state index in [-0.39, 0.29) is 12.5 Å². The number of benzene rings is 3. The number of imidazole rings is 1. The van der Waals surface area contributed by atoms with Crippen molar-refractivity contribution >= 4 is 16.9 Å². The van der Waals surface area contributed by atoms with Gasteiger partial charge in [0.2, 0.25) is 0 Å². The SMILES string of the molecule is COc1cccc(OCC(=O)N2CCN(Cc3nc4ccccc4n3Cc3ccccc3)CC2)c1. The summed E-state index contributed by atoms with van der Waals surface area (Å²) in [5.41, 5.74) is 3.42. The smallest absolute Gasteiger partial charge is 0.260 e. The Hall–Kier alpha value is -3.84. The highest BCUT2D eigenvalue weighted by atomic mass is 16.5. The van der Waals surface area contributed by atoms with Gasteiger partial charge in [0.25, 0.3) is 5.91 Å². The fourth-order valence-electron chi connectivity index (χ4n) is 4.47. The van der Waals surface area contributed by atoms with Gasteiger partial charge in [-0.15, -0.1) is 0 Å². The molecule has 4 aromatic rings. The first-order chi connectivity index (χ1) is 17.2. The molecule has 0 saturated carbocycles. The maximum Gasteiger partial charge on any atom is 0.260 e. The van der Waals surface area contributed by atoms with Crippen LogP contribution in [0.15, 0.2) is 78.9 Å². The second kappa shape index (κ2) is 10.6. The molecule has 3 aromatic carbocycles. The van der Waals surface area contributed by atoms with Gasteiger partial charge in [0, 0.05) is 38.8 Å². The molecule has 1 saturated heterocycles. The summed E-state index contributed by atoms with van der Waals surface area (Å²) < 4.78 is 13.2. The van der Waals surface area contributed by atoms with E-state index in [1.54, 1.807) is 13.2 Å². The number of methoxy groups -OCH3 is 1. The Balaban J connectivity index is 1.20. The molecule has 180 valence electrons. The highest BCUT2D eigenvalue weighted by Crippen LogP contribution is 2.21. The summed E-state index contributed by atoms with van der Waals surface area (Å²) in [6.07, 6.45) is 0. The molecule has 7 nitrogen and oxygen atoms in total. The van der Waals surface area contributed by atoms with Gasteiger partial charge in [0.05, 0.1) is 24.7 Å². The van der Waals surface area contributed by atoms with E-state index in [9.17, 15) is 4.79 Å². The van der Waals surface area contributed by atoms with E-state index in [0.29, 0.717) is 24.6 Å². The first-order valence-electron chi connectivity index (χ1n) is 11.9. The molecule has 7 heteroatoms. The summed E-state index contributed by atoms with van der Waals surface area (Å²) in [6.45, 7) is 4.54. The van der Waals surface area contributed by atoms with Gasteiger partial charge >= 0.3 is 0 Å². The zero-order chi connectivity index (χ0) is 24.0. The molecule has 0 atom stereocenters. The van der Waals surface area contributed by atoms with Crippen LogP contribution in [0.2, 0.25) is 0 Å². The molecule has 35 heavy (non-hydrogen) atoms. The molecule has 0 N–H and O–H groups in total. The molecule has 0 bridgehead atoms. The van der Waals surface area contributed by atoms with Crippen LogP contribution in [0.25, 0.3) is 11.0 Å². The van der Waals surface area contributed by atoms with Crippen molar-refractivity contribution in [1.82, 2.24) is 19.4 Å². The molecule has 0 unspecified atom stereocenters. The number of ether oxygens (including phenoxy) is 2. The molecule has 1 aliphatic heterocycles. The number of para-hydroxylation sites is 2. The summed E-state index contributed by atoms with van der Waals surface area (Å²) in [4.78, 5) is 21.9. The third-order valence-electron chi connectivity index (χ3n) is 6.41. The van der Waals surface area contributed by atoms with Gasteiger partial charge in [-0.1, -0.05) is 48.5 Å². The minimum Gasteiger partial charge on any atom is -0.497 e. The van der Waals surface area contributed by atoms with Gasteiger partial charge in [0.1, 0.15) is 17.3 Å². The predicted octanol–water partition coefficient (Wildman–Crippen LogP) is 3.82. The van der Waals surface area contributed by atoms with E-state index in [1.807, 2.05) is 35.2 Å². The van der Waals surface area contributed by atoms with Crippen molar-refractivity contribution < 1.29 is 14.3 Å². The normalized spacial score (nSPS) is 14.3. The Labute approximate surface area is 205 Å². The molecular formula is C28H30N4O3. The van der Waals surface area contributed by atoms with Crippen molar-refractivity contribution in [2.45, 2.75) is 13.1 Å². The van der Waals surface area contributed by atoms with Crippen LogP contribution in [0.1, 0.15) is 11.4 Å². The van der Waals surface area contributed by atoms with E-state index < -0.39 is 0 Å². The van der Waals surface area contributed by atoms with Crippen molar-refractivity contribution in [2.24, 2.45) is 0 Å². The van der Waals surface area contributed by atoms with Crippen molar-refractivity contribution in [1.29, 1.82) is 0 Å². The second-order valence-corrected chi connectivity index (χ2v) is 8.71. The van der Waals surface area contributed by atoms with Gasteiger partial charge in [-0.05, 0) is 29.8 Å². The highest BCUT2D eigenvalue weighted by molar-refractivity contribution is 5.78. The average molecular weight is 471 g/mol. The van der Waals surface area contributed by atoms with Crippen LogP contribution in [0.4, 0.5) is 0 Å². The molecule has 2 heterocycles. The summed E-state index contributed by atoms with van der Waals surface area (Å²) in [6, 6.07) is 26.1. The number of rotatable bonds is 8. The van der Waals surface area contributed by atoms with Crippen LogP contribution in [0, 0.1) is 0 Å². The number of nitrogens with zero attached hydrogens (tertiary/aromatic N) is 4. The van der Waals surface area contributed by atoms with Crippen molar-refractivity contribution in [3.63, 3.8) is 0 Å². The Bertz CT molecular complexity index is 1280. The average Bonchev–Trinajstić information content (AvgIpc) is 3.25. The number of aromatic nitrogens is 2. The summed E-state index contributed by atoms with van der Waals surface area (Å²) in [5.74, 6) is 2.40. The van der Waals surface area contributed by atoms with Gasteiger partial charge in [-0.3, -0.25) is 9.69 Å². The van der Waals surface area contributed by atoms with Crippen LogP contribution in [0.5, 0.6) is 11.5 Å². The molecule has 1 amide bonds. The first-order valence-corrected chi connectivity index (χ1v) is 11.9. The fourth-order valence-corrected chi connectivity index (χ4v) is 4.47. The standard InChI is InChI=1S/C28H30N4O3/c1-34-23-10-7-11-24(18-23)35-21-28(33)31-16-14-30(15-17-31)20-27-29-25-12-5-6-13-26(25)32(27)19-22-8-3-2-4-9-22/h2-13,18H,14-17,19-21H2,1H3. The second-order valence-electron chi connectivity index (χ2n) is 8.71. The summed E-state index contributed by atoms with van der Waals surface area (Å²) in [7, 11) is 1.61. The molecular weight excluding hydrogens is 440 g/mol. The van der Waals surface area contributed by atoms with E-state index in [0.717, 1.165) is 43.0 Å². The molecule has 1 aliphatic rings. The quantitative estimate of drug-likeness (QED) is 0.392. The van der Waals surface area contributed by atoms with Gasteiger partial charge in [-0.2, -0.15) is 0 Å². The molecule has 0 radical (unpaired) electrons. The number of fused-ring (bicyclic) bond motifs is 1. The summed E-state index contributed by atoms with van der Waals surface area (Å²) >= 11 is 0. The molecule has 0 spiro atoms. The minimum absolute atomic E-state index is 0.00351. The third-order valence-corrected chi connectivity index (χ3v) is 6.41. The Morgan fingerprint density at radius 3 is 2.40 bits per heavy atom. The number of carbonyl (C=O) groups is 1. The van der Waals surface area contributed by atoms with Crippen LogP contribution in [-0.4, -0.2) is 65.2 Å². The number of amides is 1. The number of piperazine rings is 1. The van der Waals surface area contributed by atoms with Crippen molar-refractivity contribution in [3.8, 4) is 11.5 Å². The molecule has 0 aliphatic carbocycles. The fraction of sp³-hybridized carbons (Fsp3) is 0.286. The van der Waals surface area contributed by atoms with E-state index in [2.05, 4.69) is 51.9 Å². The Morgan fingerprint density at radius 1 is 0.857 bits per heavy atom. The van der Waals surface area contributed by atoms with Crippen molar-refractivity contribution in [2.75, 3.05) is 39.9 Å². The zero-order valence-corrected chi connectivity index (χ0v) is 20.0. The Kier molecular flexibility index (Phi) is 6.95. The van der Waals surface area contributed by atoms with Gasteiger partial charge < -0.3 is 18.9 Å². The monoisotopic (exact) mass is 470 g/mol. The molecule has 5 rings (SSSR count). The maximum absolute atomic E-state index is 12.7. The lowest BCUT2D eigenvalue weighted by atomic mass is 10.2. The molecule has 1 aromatic heterocycles.